The highest BCUT2D eigenvalue weighted by Gasteiger charge is 2.18. The lowest BCUT2D eigenvalue weighted by molar-refractivity contribution is 0.603. The van der Waals surface area contributed by atoms with Crippen LogP contribution in [0.5, 0.6) is 0 Å². The highest BCUT2D eigenvalue weighted by Crippen LogP contribution is 2.24. The highest BCUT2D eigenvalue weighted by molar-refractivity contribution is 7.94. The van der Waals surface area contributed by atoms with E-state index in [0.717, 1.165) is 43.0 Å². The predicted molar refractivity (Wildman–Crippen MR) is 88.0 cm³/mol. The molecule has 1 saturated heterocycles. The summed E-state index contributed by atoms with van der Waals surface area (Å²) >= 11 is 1.28. The van der Waals surface area contributed by atoms with E-state index in [1.54, 1.807) is 12.1 Å². The molecule has 2 aromatic heterocycles. The molecule has 0 saturated carbocycles. The second-order valence-electron chi connectivity index (χ2n) is 5.15. The van der Waals surface area contributed by atoms with Crippen molar-refractivity contribution in [3.63, 3.8) is 0 Å². The Bertz CT molecular complexity index is 734. The highest BCUT2D eigenvalue weighted by atomic mass is 32.2. The van der Waals surface area contributed by atoms with Crippen LogP contribution in [0.4, 0.5) is 11.6 Å². The minimum atomic E-state index is -3.58. The van der Waals surface area contributed by atoms with Gasteiger partial charge >= 0.3 is 0 Å². The maximum Gasteiger partial charge on any atom is 0.272 e. The molecular formula is C14H18N4O2S2. The lowest BCUT2D eigenvalue weighted by Crippen LogP contribution is -2.20. The van der Waals surface area contributed by atoms with E-state index < -0.39 is 10.0 Å². The van der Waals surface area contributed by atoms with E-state index in [-0.39, 0.29) is 5.82 Å². The first kappa shape index (κ1) is 15.2. The van der Waals surface area contributed by atoms with Crippen molar-refractivity contribution >= 4 is 33.0 Å². The molecule has 1 N–H and O–H groups in total. The van der Waals surface area contributed by atoms with Crippen LogP contribution in [0.3, 0.4) is 0 Å². The molecule has 0 aromatic carbocycles. The van der Waals surface area contributed by atoms with Crippen LogP contribution < -0.4 is 9.62 Å². The number of thiophene rings is 1. The van der Waals surface area contributed by atoms with Gasteiger partial charge < -0.3 is 4.90 Å². The predicted octanol–water partition coefficient (Wildman–Crippen LogP) is 2.50. The molecule has 1 aliphatic heterocycles. The van der Waals surface area contributed by atoms with Crippen molar-refractivity contribution in [2.45, 2.75) is 30.4 Å². The Balaban J connectivity index is 1.74. The van der Waals surface area contributed by atoms with Crippen molar-refractivity contribution < 1.29 is 8.42 Å². The van der Waals surface area contributed by atoms with Crippen molar-refractivity contribution in [3.8, 4) is 0 Å². The maximum atomic E-state index is 12.3. The number of hydrogen-bond acceptors (Lipinski definition) is 6. The average molecular weight is 338 g/mol. The quantitative estimate of drug-likeness (QED) is 0.906. The Morgan fingerprint density at radius 3 is 2.55 bits per heavy atom. The van der Waals surface area contributed by atoms with Crippen molar-refractivity contribution in [2.24, 2.45) is 0 Å². The molecule has 1 aliphatic rings. The van der Waals surface area contributed by atoms with Crippen LogP contribution in [0.2, 0.25) is 0 Å². The number of hydrogen-bond donors (Lipinski definition) is 1. The Kier molecular flexibility index (Phi) is 4.30. The molecular weight excluding hydrogens is 320 g/mol. The van der Waals surface area contributed by atoms with Gasteiger partial charge in [0.15, 0.2) is 11.6 Å². The Morgan fingerprint density at radius 2 is 1.95 bits per heavy atom. The van der Waals surface area contributed by atoms with Crippen LogP contribution in [0.1, 0.15) is 24.6 Å². The minimum absolute atomic E-state index is 0.245. The molecule has 1 fully saturated rings. The number of anilines is 2. The van der Waals surface area contributed by atoms with Crippen LogP contribution in [0, 0.1) is 0 Å². The second-order valence-corrected chi connectivity index (χ2v) is 8.23. The largest absolute Gasteiger partial charge is 0.355 e. The summed E-state index contributed by atoms with van der Waals surface area (Å²) in [6, 6.07) is 6.92. The number of sulfonamides is 1. The molecule has 2 aromatic rings. The molecule has 8 heteroatoms. The summed E-state index contributed by atoms with van der Waals surface area (Å²) < 4.78 is 27.4. The zero-order chi connectivity index (χ0) is 15.6. The number of rotatable bonds is 5. The van der Waals surface area contributed by atoms with E-state index in [1.807, 2.05) is 19.1 Å². The smallest absolute Gasteiger partial charge is 0.272 e. The van der Waals surface area contributed by atoms with E-state index in [2.05, 4.69) is 19.8 Å². The summed E-state index contributed by atoms with van der Waals surface area (Å²) in [6.07, 6.45) is 3.15. The normalized spacial score (nSPS) is 15.2. The number of aromatic nitrogens is 2. The summed E-state index contributed by atoms with van der Waals surface area (Å²) in [6.45, 7) is 3.96. The van der Waals surface area contributed by atoms with Gasteiger partial charge in [0, 0.05) is 18.0 Å². The van der Waals surface area contributed by atoms with Crippen molar-refractivity contribution in [2.75, 3.05) is 22.7 Å². The fourth-order valence-electron chi connectivity index (χ4n) is 2.38. The molecule has 0 unspecified atom stereocenters. The lowest BCUT2D eigenvalue weighted by atomic mass is 10.4. The summed E-state index contributed by atoms with van der Waals surface area (Å²) in [5.41, 5.74) is 0. The van der Waals surface area contributed by atoms with E-state index in [0.29, 0.717) is 4.21 Å². The second kappa shape index (κ2) is 6.21. The van der Waals surface area contributed by atoms with E-state index in [4.69, 9.17) is 0 Å². The van der Waals surface area contributed by atoms with Crippen molar-refractivity contribution in [3.05, 3.63) is 29.1 Å². The molecule has 118 valence electrons. The zero-order valence-corrected chi connectivity index (χ0v) is 14.0. The Hall–Kier alpha value is -1.67. The van der Waals surface area contributed by atoms with Crippen molar-refractivity contribution in [1.82, 2.24) is 10.2 Å². The van der Waals surface area contributed by atoms with Crippen LogP contribution in [-0.2, 0) is 16.4 Å². The molecule has 0 atom stereocenters. The summed E-state index contributed by atoms with van der Waals surface area (Å²) in [7, 11) is -3.58. The van der Waals surface area contributed by atoms with Gasteiger partial charge in [0.25, 0.3) is 10.0 Å². The van der Waals surface area contributed by atoms with Gasteiger partial charge in [-0.3, -0.25) is 4.72 Å². The number of nitrogens with zero attached hydrogens (tertiary/aromatic N) is 3. The van der Waals surface area contributed by atoms with E-state index in [9.17, 15) is 8.42 Å². The lowest BCUT2D eigenvalue weighted by Gasteiger charge is -2.15. The van der Waals surface area contributed by atoms with Gasteiger partial charge in [0.05, 0.1) is 0 Å². The fourth-order valence-corrected chi connectivity index (χ4v) is 4.67. The molecule has 3 rings (SSSR count). The SMILES string of the molecule is CCc1ccc(S(=O)(=O)Nc2ccc(N3CCCC3)nn2)s1. The van der Waals surface area contributed by atoms with Gasteiger partial charge in [-0.1, -0.05) is 6.92 Å². The first-order valence-electron chi connectivity index (χ1n) is 7.29. The van der Waals surface area contributed by atoms with Gasteiger partial charge in [-0.2, -0.15) is 0 Å². The zero-order valence-electron chi connectivity index (χ0n) is 12.3. The summed E-state index contributed by atoms with van der Waals surface area (Å²) in [5.74, 6) is 1.04. The molecule has 0 aliphatic carbocycles. The average Bonchev–Trinajstić information content (AvgIpc) is 3.19. The molecule has 0 bridgehead atoms. The van der Waals surface area contributed by atoms with Gasteiger partial charge in [-0.25, -0.2) is 8.42 Å². The van der Waals surface area contributed by atoms with Crippen molar-refractivity contribution in [1.29, 1.82) is 0 Å². The van der Waals surface area contributed by atoms with Gasteiger partial charge in [0.2, 0.25) is 0 Å². The first-order chi connectivity index (χ1) is 10.6. The van der Waals surface area contributed by atoms with Gasteiger partial charge in [-0.15, -0.1) is 21.5 Å². The Morgan fingerprint density at radius 1 is 1.18 bits per heavy atom. The van der Waals surface area contributed by atoms with Gasteiger partial charge in [-0.05, 0) is 43.5 Å². The van der Waals surface area contributed by atoms with Crippen LogP contribution in [-0.4, -0.2) is 31.7 Å². The molecule has 3 heterocycles. The summed E-state index contributed by atoms with van der Waals surface area (Å²) in [5, 5.41) is 8.10. The molecule has 0 radical (unpaired) electrons. The topological polar surface area (TPSA) is 75.2 Å². The molecule has 0 spiro atoms. The minimum Gasteiger partial charge on any atom is -0.355 e. The van der Waals surface area contributed by atoms with E-state index >= 15 is 0 Å². The molecule has 6 nitrogen and oxygen atoms in total. The summed E-state index contributed by atoms with van der Waals surface area (Å²) in [4.78, 5) is 3.19. The first-order valence-corrected chi connectivity index (χ1v) is 9.58. The Labute approximate surface area is 134 Å². The monoisotopic (exact) mass is 338 g/mol. The molecule has 22 heavy (non-hydrogen) atoms. The fraction of sp³-hybridized carbons (Fsp3) is 0.429. The van der Waals surface area contributed by atoms with Gasteiger partial charge in [0.1, 0.15) is 4.21 Å². The maximum absolute atomic E-state index is 12.3. The molecule has 0 amide bonds. The third-order valence-corrected chi connectivity index (χ3v) is 6.65. The third-order valence-electron chi connectivity index (χ3n) is 3.57. The van der Waals surface area contributed by atoms with Crippen LogP contribution >= 0.6 is 11.3 Å². The number of aryl methyl sites for hydroxylation is 1. The van der Waals surface area contributed by atoms with Crippen LogP contribution in [0.15, 0.2) is 28.5 Å². The third kappa shape index (κ3) is 3.22. The number of nitrogens with one attached hydrogen (secondary N) is 1. The van der Waals surface area contributed by atoms with E-state index in [1.165, 1.54) is 11.3 Å². The standard InChI is InChI=1S/C14H18N4O2S2/c1-2-11-5-8-14(21-11)22(19,20)17-12-6-7-13(16-15-12)18-9-3-4-10-18/h5-8H,2-4,9-10H2,1H3,(H,15,17). The van der Waals surface area contributed by atoms with Crippen LogP contribution in [0.25, 0.3) is 0 Å².